The van der Waals surface area contributed by atoms with Crippen molar-refractivity contribution in [3.63, 3.8) is 0 Å². The standard InChI is InChI=1S/C14H18N2O/c1-2-16-14(11-15)9-8-13(10-14)17-12-6-4-3-5-7-12/h3-7,13,16H,2,8-10H2,1H3. The molecule has 2 rings (SSSR count). The van der Waals surface area contributed by atoms with Crippen LogP contribution in [0.4, 0.5) is 0 Å². The van der Waals surface area contributed by atoms with Gasteiger partial charge in [-0.1, -0.05) is 25.1 Å². The maximum absolute atomic E-state index is 9.26. The third-order valence-electron chi connectivity index (χ3n) is 3.24. The van der Waals surface area contributed by atoms with E-state index < -0.39 is 0 Å². The van der Waals surface area contributed by atoms with E-state index >= 15 is 0 Å². The third-order valence-corrected chi connectivity index (χ3v) is 3.24. The van der Waals surface area contributed by atoms with Crippen LogP contribution < -0.4 is 10.1 Å². The lowest BCUT2D eigenvalue weighted by Gasteiger charge is -2.21. The van der Waals surface area contributed by atoms with E-state index in [4.69, 9.17) is 4.74 Å². The lowest BCUT2D eigenvalue weighted by molar-refractivity contribution is 0.201. The van der Waals surface area contributed by atoms with Crippen molar-refractivity contribution in [1.82, 2.24) is 5.32 Å². The van der Waals surface area contributed by atoms with Crippen LogP contribution >= 0.6 is 0 Å². The Balaban J connectivity index is 1.96. The molecule has 1 fully saturated rings. The SMILES string of the molecule is CCNC1(C#N)CCC(Oc2ccccc2)C1. The Morgan fingerprint density at radius 3 is 2.88 bits per heavy atom. The smallest absolute Gasteiger partial charge is 0.119 e. The highest BCUT2D eigenvalue weighted by molar-refractivity contribution is 5.22. The summed E-state index contributed by atoms with van der Waals surface area (Å²) < 4.78 is 5.89. The lowest BCUT2D eigenvalue weighted by Crippen LogP contribution is -2.42. The molecule has 17 heavy (non-hydrogen) atoms. The minimum Gasteiger partial charge on any atom is -0.490 e. The number of nitrogens with zero attached hydrogens (tertiary/aromatic N) is 1. The van der Waals surface area contributed by atoms with Crippen molar-refractivity contribution in [3.05, 3.63) is 30.3 Å². The van der Waals surface area contributed by atoms with Crippen molar-refractivity contribution < 1.29 is 4.74 Å². The summed E-state index contributed by atoms with van der Waals surface area (Å²) in [4.78, 5) is 0. The van der Waals surface area contributed by atoms with Crippen molar-refractivity contribution in [1.29, 1.82) is 5.26 Å². The third kappa shape index (κ3) is 2.78. The summed E-state index contributed by atoms with van der Waals surface area (Å²) in [7, 11) is 0. The first kappa shape index (κ1) is 11.9. The van der Waals surface area contributed by atoms with Gasteiger partial charge in [-0.2, -0.15) is 5.26 Å². The Kier molecular flexibility index (Phi) is 3.65. The molecule has 0 spiro atoms. The molecule has 2 atom stereocenters. The number of hydrogen-bond donors (Lipinski definition) is 1. The molecule has 1 aromatic carbocycles. The molecule has 3 nitrogen and oxygen atoms in total. The first-order chi connectivity index (χ1) is 8.28. The Hall–Kier alpha value is -1.53. The van der Waals surface area contributed by atoms with Gasteiger partial charge in [-0.3, -0.25) is 5.32 Å². The summed E-state index contributed by atoms with van der Waals surface area (Å²) in [5, 5.41) is 12.5. The van der Waals surface area contributed by atoms with E-state index in [2.05, 4.69) is 11.4 Å². The summed E-state index contributed by atoms with van der Waals surface area (Å²) in [5.74, 6) is 0.891. The number of hydrogen-bond acceptors (Lipinski definition) is 3. The topological polar surface area (TPSA) is 45.0 Å². The van der Waals surface area contributed by atoms with E-state index in [1.807, 2.05) is 37.3 Å². The molecule has 0 bridgehead atoms. The van der Waals surface area contributed by atoms with Crippen molar-refractivity contribution in [2.24, 2.45) is 0 Å². The van der Waals surface area contributed by atoms with Crippen LogP contribution in [0.15, 0.2) is 30.3 Å². The number of nitrogens with one attached hydrogen (secondary N) is 1. The molecule has 0 aromatic heterocycles. The fourth-order valence-corrected chi connectivity index (χ4v) is 2.43. The highest BCUT2D eigenvalue weighted by atomic mass is 16.5. The minimum absolute atomic E-state index is 0.149. The summed E-state index contributed by atoms with van der Waals surface area (Å²) in [6.45, 7) is 2.86. The van der Waals surface area contributed by atoms with Crippen LogP contribution in [0, 0.1) is 11.3 Å². The molecule has 90 valence electrons. The van der Waals surface area contributed by atoms with Crippen molar-refractivity contribution in [2.45, 2.75) is 37.8 Å². The fraction of sp³-hybridized carbons (Fsp3) is 0.500. The molecular formula is C14H18N2O. The van der Waals surface area contributed by atoms with Gasteiger partial charge < -0.3 is 4.74 Å². The van der Waals surface area contributed by atoms with Gasteiger partial charge in [0.15, 0.2) is 0 Å². The van der Waals surface area contributed by atoms with Gasteiger partial charge in [0.1, 0.15) is 17.4 Å². The largest absolute Gasteiger partial charge is 0.490 e. The van der Waals surface area contributed by atoms with Crippen LogP contribution in [0.25, 0.3) is 0 Å². The number of benzene rings is 1. The second-order valence-corrected chi connectivity index (χ2v) is 4.52. The number of ether oxygens (including phenoxy) is 1. The summed E-state index contributed by atoms with van der Waals surface area (Å²) in [5.41, 5.74) is -0.381. The van der Waals surface area contributed by atoms with E-state index in [1.165, 1.54) is 0 Å². The Labute approximate surface area is 102 Å². The van der Waals surface area contributed by atoms with Crippen molar-refractivity contribution >= 4 is 0 Å². The molecule has 1 aliphatic rings. The van der Waals surface area contributed by atoms with E-state index in [0.717, 1.165) is 31.6 Å². The molecule has 2 unspecified atom stereocenters. The second-order valence-electron chi connectivity index (χ2n) is 4.52. The molecule has 0 aliphatic heterocycles. The fourth-order valence-electron chi connectivity index (χ4n) is 2.43. The predicted octanol–water partition coefficient (Wildman–Crippen LogP) is 2.49. The van der Waals surface area contributed by atoms with Crippen LogP contribution in [0.5, 0.6) is 5.75 Å². The normalized spacial score (nSPS) is 27.6. The highest BCUT2D eigenvalue weighted by Gasteiger charge is 2.39. The monoisotopic (exact) mass is 230 g/mol. The molecule has 1 N–H and O–H groups in total. The van der Waals surface area contributed by atoms with Crippen LogP contribution in [0.2, 0.25) is 0 Å². The Morgan fingerprint density at radius 2 is 2.24 bits per heavy atom. The first-order valence-electron chi connectivity index (χ1n) is 6.16. The molecule has 0 radical (unpaired) electrons. The molecule has 3 heteroatoms. The van der Waals surface area contributed by atoms with Crippen LogP contribution in [0.1, 0.15) is 26.2 Å². The van der Waals surface area contributed by atoms with Gasteiger partial charge in [-0.15, -0.1) is 0 Å². The van der Waals surface area contributed by atoms with Gasteiger partial charge in [-0.05, 0) is 31.5 Å². The molecular weight excluding hydrogens is 212 g/mol. The highest BCUT2D eigenvalue weighted by Crippen LogP contribution is 2.32. The summed E-state index contributed by atoms with van der Waals surface area (Å²) in [6, 6.07) is 12.2. The van der Waals surface area contributed by atoms with Crippen LogP contribution in [0.3, 0.4) is 0 Å². The molecule has 0 heterocycles. The molecule has 1 aromatic rings. The van der Waals surface area contributed by atoms with Crippen LogP contribution in [-0.4, -0.2) is 18.2 Å². The number of para-hydroxylation sites is 1. The van der Waals surface area contributed by atoms with Gasteiger partial charge in [0.2, 0.25) is 0 Å². The summed E-state index contributed by atoms with van der Waals surface area (Å²) >= 11 is 0. The quantitative estimate of drug-likeness (QED) is 0.864. The van der Waals surface area contributed by atoms with Gasteiger partial charge in [0.25, 0.3) is 0 Å². The number of nitriles is 1. The van der Waals surface area contributed by atoms with Crippen molar-refractivity contribution in [2.75, 3.05) is 6.54 Å². The summed E-state index contributed by atoms with van der Waals surface area (Å²) in [6.07, 6.45) is 2.73. The molecule has 1 aliphatic carbocycles. The van der Waals surface area contributed by atoms with Crippen molar-refractivity contribution in [3.8, 4) is 11.8 Å². The zero-order chi connectivity index (χ0) is 12.1. The lowest BCUT2D eigenvalue weighted by atomic mass is 10.00. The van der Waals surface area contributed by atoms with Gasteiger partial charge >= 0.3 is 0 Å². The predicted molar refractivity (Wildman–Crippen MR) is 66.7 cm³/mol. The van der Waals surface area contributed by atoms with Gasteiger partial charge in [0.05, 0.1) is 6.07 Å². The van der Waals surface area contributed by atoms with E-state index in [1.54, 1.807) is 0 Å². The average molecular weight is 230 g/mol. The zero-order valence-corrected chi connectivity index (χ0v) is 10.1. The number of rotatable bonds is 4. The average Bonchev–Trinajstić information content (AvgIpc) is 2.75. The van der Waals surface area contributed by atoms with E-state index in [9.17, 15) is 5.26 Å². The minimum atomic E-state index is -0.381. The van der Waals surface area contributed by atoms with E-state index in [-0.39, 0.29) is 11.6 Å². The molecule has 0 amide bonds. The molecule has 1 saturated carbocycles. The maximum Gasteiger partial charge on any atom is 0.119 e. The van der Waals surface area contributed by atoms with E-state index in [0.29, 0.717) is 0 Å². The maximum atomic E-state index is 9.26. The second kappa shape index (κ2) is 5.20. The Bertz CT molecular complexity index is 398. The van der Waals surface area contributed by atoms with Gasteiger partial charge in [-0.25, -0.2) is 0 Å². The van der Waals surface area contributed by atoms with Gasteiger partial charge in [0, 0.05) is 6.42 Å². The zero-order valence-electron chi connectivity index (χ0n) is 10.1. The Morgan fingerprint density at radius 1 is 1.47 bits per heavy atom. The first-order valence-corrected chi connectivity index (χ1v) is 6.16. The molecule has 0 saturated heterocycles. The van der Waals surface area contributed by atoms with Crippen LogP contribution in [-0.2, 0) is 0 Å².